The van der Waals surface area contributed by atoms with Crippen molar-refractivity contribution >= 4 is 5.97 Å². The second kappa shape index (κ2) is 5.35. The zero-order chi connectivity index (χ0) is 10.6. The molecule has 0 aromatic heterocycles. The van der Waals surface area contributed by atoms with Crippen LogP contribution in [0.3, 0.4) is 0 Å². The molecular formula is C11H21NO2. The van der Waals surface area contributed by atoms with Crippen molar-refractivity contribution < 1.29 is 9.53 Å². The van der Waals surface area contributed by atoms with E-state index < -0.39 is 0 Å². The molecule has 2 N–H and O–H groups in total. The highest BCUT2D eigenvalue weighted by Crippen LogP contribution is 2.30. The highest BCUT2D eigenvalue weighted by molar-refractivity contribution is 5.69. The summed E-state index contributed by atoms with van der Waals surface area (Å²) in [6.45, 7) is 4.83. The summed E-state index contributed by atoms with van der Waals surface area (Å²) in [5.74, 6) is 1.21. The van der Waals surface area contributed by atoms with Crippen molar-refractivity contribution in [2.75, 3.05) is 6.54 Å². The molecule has 1 rings (SSSR count). The van der Waals surface area contributed by atoms with Crippen LogP contribution >= 0.6 is 0 Å². The Morgan fingerprint density at radius 1 is 1.29 bits per heavy atom. The first-order chi connectivity index (χ1) is 6.61. The number of carbonyl (C=O) groups is 1. The third-order valence-electron chi connectivity index (χ3n) is 2.78. The lowest BCUT2D eigenvalue weighted by molar-refractivity contribution is -0.151. The van der Waals surface area contributed by atoms with E-state index in [1.807, 2.05) is 0 Å². The molecule has 0 aromatic rings. The van der Waals surface area contributed by atoms with Crippen molar-refractivity contribution in [3.8, 4) is 0 Å². The first kappa shape index (κ1) is 11.5. The quantitative estimate of drug-likeness (QED) is 0.704. The molecule has 1 aliphatic carbocycles. The Kier molecular flexibility index (Phi) is 4.39. The minimum Gasteiger partial charge on any atom is -0.462 e. The van der Waals surface area contributed by atoms with Crippen LogP contribution in [0, 0.1) is 11.8 Å². The van der Waals surface area contributed by atoms with Gasteiger partial charge >= 0.3 is 5.97 Å². The van der Waals surface area contributed by atoms with Gasteiger partial charge in [0.05, 0.1) is 6.42 Å². The largest absolute Gasteiger partial charge is 0.462 e. The second-order valence-electron chi connectivity index (χ2n) is 4.57. The van der Waals surface area contributed by atoms with Crippen LogP contribution in [0.5, 0.6) is 0 Å². The maximum Gasteiger partial charge on any atom is 0.307 e. The van der Waals surface area contributed by atoms with E-state index in [4.69, 9.17) is 10.5 Å². The fourth-order valence-corrected chi connectivity index (χ4v) is 2.33. The van der Waals surface area contributed by atoms with E-state index in [0.717, 1.165) is 12.8 Å². The summed E-state index contributed by atoms with van der Waals surface area (Å²) in [6, 6.07) is 0. The number of esters is 1. The summed E-state index contributed by atoms with van der Waals surface area (Å²) in [5.41, 5.74) is 5.29. The van der Waals surface area contributed by atoms with E-state index in [2.05, 4.69) is 13.8 Å². The Morgan fingerprint density at radius 2 is 1.86 bits per heavy atom. The molecule has 3 nitrogen and oxygen atoms in total. The van der Waals surface area contributed by atoms with Gasteiger partial charge in [-0.3, -0.25) is 4.79 Å². The number of nitrogens with two attached hydrogens (primary N) is 1. The second-order valence-corrected chi connectivity index (χ2v) is 4.57. The number of hydrogen-bond acceptors (Lipinski definition) is 3. The molecule has 0 amide bonds. The Morgan fingerprint density at radius 3 is 2.36 bits per heavy atom. The Hall–Kier alpha value is -0.570. The van der Waals surface area contributed by atoms with Gasteiger partial charge in [-0.25, -0.2) is 0 Å². The molecule has 0 radical (unpaired) electrons. The molecule has 0 bridgehead atoms. The summed E-state index contributed by atoms with van der Waals surface area (Å²) in [5, 5.41) is 0. The summed E-state index contributed by atoms with van der Waals surface area (Å²) >= 11 is 0. The Balaban J connectivity index is 2.33. The molecule has 1 fully saturated rings. The monoisotopic (exact) mass is 199 g/mol. The number of hydrogen-bond donors (Lipinski definition) is 1. The molecule has 0 spiro atoms. The predicted molar refractivity (Wildman–Crippen MR) is 55.7 cm³/mol. The number of rotatable bonds is 3. The average molecular weight is 199 g/mol. The van der Waals surface area contributed by atoms with Crippen molar-refractivity contribution in [3.63, 3.8) is 0 Å². The van der Waals surface area contributed by atoms with Crippen molar-refractivity contribution in [1.29, 1.82) is 0 Å². The van der Waals surface area contributed by atoms with Gasteiger partial charge in [0.2, 0.25) is 0 Å². The van der Waals surface area contributed by atoms with Crippen LogP contribution in [0.2, 0.25) is 0 Å². The minimum atomic E-state index is -0.140. The highest BCUT2D eigenvalue weighted by atomic mass is 16.5. The molecule has 1 aliphatic rings. The Bertz CT molecular complexity index is 184. The van der Waals surface area contributed by atoms with Gasteiger partial charge in [-0.15, -0.1) is 0 Å². The van der Waals surface area contributed by atoms with Crippen LogP contribution in [-0.2, 0) is 9.53 Å². The third kappa shape index (κ3) is 3.66. The van der Waals surface area contributed by atoms with Gasteiger partial charge in [0.15, 0.2) is 0 Å². The fourth-order valence-electron chi connectivity index (χ4n) is 2.33. The van der Waals surface area contributed by atoms with Crippen LogP contribution in [0.1, 0.15) is 39.5 Å². The number of carbonyl (C=O) groups excluding carboxylic acids is 1. The van der Waals surface area contributed by atoms with Gasteiger partial charge in [0.25, 0.3) is 0 Å². The summed E-state index contributed by atoms with van der Waals surface area (Å²) < 4.78 is 5.35. The van der Waals surface area contributed by atoms with Gasteiger partial charge in [-0.05, 0) is 31.1 Å². The molecule has 0 aromatic carbocycles. The van der Waals surface area contributed by atoms with E-state index in [1.165, 1.54) is 6.42 Å². The molecule has 0 saturated heterocycles. The van der Waals surface area contributed by atoms with Crippen LogP contribution in [-0.4, -0.2) is 18.6 Å². The maximum atomic E-state index is 11.2. The molecule has 2 atom stereocenters. The van der Waals surface area contributed by atoms with Crippen LogP contribution in [0.4, 0.5) is 0 Å². The first-order valence-corrected chi connectivity index (χ1v) is 5.51. The van der Waals surface area contributed by atoms with Crippen LogP contribution in [0.25, 0.3) is 0 Å². The minimum absolute atomic E-state index is 0.132. The molecule has 0 heterocycles. The molecule has 0 aliphatic heterocycles. The van der Waals surface area contributed by atoms with Gasteiger partial charge in [-0.1, -0.05) is 13.8 Å². The van der Waals surface area contributed by atoms with Gasteiger partial charge in [-0.2, -0.15) is 0 Å². The summed E-state index contributed by atoms with van der Waals surface area (Å²) in [6.07, 6.45) is 3.76. The first-order valence-electron chi connectivity index (χ1n) is 5.51. The molecule has 1 saturated carbocycles. The lowest BCUT2D eigenvalue weighted by Gasteiger charge is -2.30. The van der Waals surface area contributed by atoms with E-state index in [0.29, 0.717) is 24.8 Å². The van der Waals surface area contributed by atoms with Crippen LogP contribution < -0.4 is 5.73 Å². The maximum absolute atomic E-state index is 11.2. The number of ether oxygens (including phenoxy) is 1. The van der Waals surface area contributed by atoms with E-state index in [9.17, 15) is 4.79 Å². The van der Waals surface area contributed by atoms with Gasteiger partial charge in [0.1, 0.15) is 6.10 Å². The lowest BCUT2D eigenvalue weighted by Crippen LogP contribution is -2.29. The predicted octanol–water partition coefficient (Wildman–Crippen LogP) is 1.70. The molecule has 2 unspecified atom stereocenters. The SMILES string of the molecule is CC1CC(C)CC(OC(=O)CCN)C1. The summed E-state index contributed by atoms with van der Waals surface area (Å²) in [7, 11) is 0. The standard InChI is InChI=1S/C11H21NO2/c1-8-5-9(2)7-10(6-8)14-11(13)3-4-12/h8-10H,3-7,12H2,1-2H3. The zero-order valence-corrected chi connectivity index (χ0v) is 9.16. The van der Waals surface area contributed by atoms with Crippen molar-refractivity contribution in [2.24, 2.45) is 17.6 Å². The lowest BCUT2D eigenvalue weighted by atomic mass is 9.82. The molecule has 82 valence electrons. The fraction of sp³-hybridized carbons (Fsp3) is 0.909. The Labute approximate surface area is 86.0 Å². The van der Waals surface area contributed by atoms with E-state index in [-0.39, 0.29) is 12.1 Å². The average Bonchev–Trinajstić information content (AvgIpc) is 2.01. The normalized spacial score (nSPS) is 32.6. The molecule has 14 heavy (non-hydrogen) atoms. The molecular weight excluding hydrogens is 178 g/mol. The third-order valence-corrected chi connectivity index (χ3v) is 2.78. The van der Waals surface area contributed by atoms with Crippen molar-refractivity contribution in [3.05, 3.63) is 0 Å². The van der Waals surface area contributed by atoms with Crippen LogP contribution in [0.15, 0.2) is 0 Å². The summed E-state index contributed by atoms with van der Waals surface area (Å²) in [4.78, 5) is 11.2. The molecule has 3 heteroatoms. The highest BCUT2D eigenvalue weighted by Gasteiger charge is 2.26. The topological polar surface area (TPSA) is 52.3 Å². The van der Waals surface area contributed by atoms with Gasteiger partial charge in [0, 0.05) is 6.54 Å². The smallest absolute Gasteiger partial charge is 0.307 e. The van der Waals surface area contributed by atoms with E-state index in [1.54, 1.807) is 0 Å². The van der Waals surface area contributed by atoms with Gasteiger partial charge < -0.3 is 10.5 Å². The van der Waals surface area contributed by atoms with Crippen molar-refractivity contribution in [1.82, 2.24) is 0 Å². The zero-order valence-electron chi connectivity index (χ0n) is 9.16. The van der Waals surface area contributed by atoms with E-state index >= 15 is 0 Å². The van der Waals surface area contributed by atoms with Crippen molar-refractivity contribution in [2.45, 2.75) is 45.6 Å².